The van der Waals surface area contributed by atoms with E-state index in [1.54, 1.807) is 24.1 Å². The van der Waals surface area contributed by atoms with E-state index in [2.05, 4.69) is 20.4 Å². The van der Waals surface area contributed by atoms with E-state index in [0.717, 1.165) is 0 Å². The second kappa shape index (κ2) is 5.66. The van der Waals surface area contributed by atoms with E-state index in [4.69, 9.17) is 11.5 Å². The lowest BCUT2D eigenvalue weighted by Gasteiger charge is -2.10. The predicted molar refractivity (Wildman–Crippen MR) is 74.9 cm³/mol. The molecule has 0 aliphatic carbocycles. The first kappa shape index (κ1) is 13.9. The van der Waals surface area contributed by atoms with Crippen molar-refractivity contribution in [2.75, 3.05) is 11.9 Å². The molecule has 2 rings (SSSR count). The van der Waals surface area contributed by atoms with Crippen LogP contribution in [0.25, 0.3) is 11.3 Å². The van der Waals surface area contributed by atoms with Crippen molar-refractivity contribution < 1.29 is 4.79 Å². The van der Waals surface area contributed by atoms with Gasteiger partial charge in [-0.05, 0) is 6.92 Å². The molecule has 0 saturated heterocycles. The minimum absolute atomic E-state index is 0.0190. The summed E-state index contributed by atoms with van der Waals surface area (Å²) in [5.41, 5.74) is 12.2. The number of hydrogen-bond acceptors (Lipinski definition) is 6. The van der Waals surface area contributed by atoms with Crippen LogP contribution >= 0.6 is 0 Å². The lowest BCUT2D eigenvalue weighted by Crippen LogP contribution is -2.26. The quantitative estimate of drug-likeness (QED) is 0.690. The molecular formula is C12H17N7O. The molecule has 0 spiro atoms. The molecule has 2 heterocycles. The van der Waals surface area contributed by atoms with Crippen molar-refractivity contribution in [3.63, 3.8) is 0 Å². The average Bonchev–Trinajstić information content (AvgIpc) is 2.82. The van der Waals surface area contributed by atoms with Crippen molar-refractivity contribution in [3.8, 4) is 11.3 Å². The number of rotatable bonds is 5. The van der Waals surface area contributed by atoms with E-state index in [0.29, 0.717) is 23.6 Å². The summed E-state index contributed by atoms with van der Waals surface area (Å²) in [5.74, 6) is -0.0961. The van der Waals surface area contributed by atoms with Crippen LogP contribution < -0.4 is 16.8 Å². The van der Waals surface area contributed by atoms with E-state index in [9.17, 15) is 4.79 Å². The molecule has 0 saturated carbocycles. The van der Waals surface area contributed by atoms with Gasteiger partial charge in [0, 0.05) is 31.4 Å². The molecule has 0 bridgehead atoms. The van der Waals surface area contributed by atoms with Gasteiger partial charge in [-0.3, -0.25) is 9.48 Å². The Kier molecular flexibility index (Phi) is 3.94. The van der Waals surface area contributed by atoms with Crippen LogP contribution in [-0.4, -0.2) is 38.2 Å². The molecule has 2 aromatic rings. The van der Waals surface area contributed by atoms with Gasteiger partial charge in [-0.15, -0.1) is 0 Å². The van der Waals surface area contributed by atoms with E-state index in [-0.39, 0.29) is 11.7 Å². The lowest BCUT2D eigenvalue weighted by atomic mass is 10.2. The van der Waals surface area contributed by atoms with Gasteiger partial charge in [-0.2, -0.15) is 5.10 Å². The molecule has 1 amide bonds. The van der Waals surface area contributed by atoms with Crippen molar-refractivity contribution >= 4 is 11.7 Å². The summed E-state index contributed by atoms with van der Waals surface area (Å²) in [6, 6.07) is -0.0190. The molecule has 0 aromatic carbocycles. The number of carbonyl (C=O) groups is 1. The third-order valence-corrected chi connectivity index (χ3v) is 2.59. The van der Waals surface area contributed by atoms with Gasteiger partial charge < -0.3 is 16.8 Å². The summed E-state index contributed by atoms with van der Waals surface area (Å²) < 4.78 is 1.61. The molecule has 8 heteroatoms. The summed E-state index contributed by atoms with van der Waals surface area (Å²) in [6.07, 6.45) is 4.81. The van der Waals surface area contributed by atoms with Crippen molar-refractivity contribution in [2.45, 2.75) is 13.0 Å². The molecule has 0 fully saturated rings. The van der Waals surface area contributed by atoms with Crippen LogP contribution in [0.3, 0.4) is 0 Å². The van der Waals surface area contributed by atoms with E-state index in [1.165, 1.54) is 6.20 Å². The third kappa shape index (κ3) is 3.09. The van der Waals surface area contributed by atoms with Gasteiger partial charge in [0.15, 0.2) is 5.69 Å². The minimum Gasteiger partial charge on any atom is -0.367 e. The minimum atomic E-state index is -0.630. The molecule has 2 aromatic heterocycles. The van der Waals surface area contributed by atoms with Crippen LogP contribution in [0.1, 0.15) is 17.4 Å². The van der Waals surface area contributed by atoms with Crippen molar-refractivity contribution in [3.05, 3.63) is 24.3 Å². The largest absolute Gasteiger partial charge is 0.367 e. The van der Waals surface area contributed by atoms with E-state index >= 15 is 0 Å². The van der Waals surface area contributed by atoms with E-state index < -0.39 is 5.91 Å². The molecule has 20 heavy (non-hydrogen) atoms. The molecular weight excluding hydrogens is 258 g/mol. The van der Waals surface area contributed by atoms with Crippen LogP contribution in [0.15, 0.2) is 18.6 Å². The summed E-state index contributed by atoms with van der Waals surface area (Å²) in [6.45, 7) is 2.43. The fourth-order valence-corrected chi connectivity index (χ4v) is 1.66. The first-order valence-electron chi connectivity index (χ1n) is 6.12. The first-order chi connectivity index (χ1) is 9.47. The normalized spacial score (nSPS) is 12.2. The standard InChI is InChI=1S/C12H17N7O/c1-7(13)3-15-9-5-16-11(12(14)20)10(18-9)8-4-17-19(2)6-8/h4-7H,3,13H2,1-2H3,(H2,14,20)(H,15,18)/t7-/m0/s1. The highest BCUT2D eigenvalue weighted by atomic mass is 16.1. The summed E-state index contributed by atoms with van der Waals surface area (Å²) in [5, 5.41) is 7.10. The van der Waals surface area contributed by atoms with Gasteiger partial charge in [0.2, 0.25) is 0 Å². The number of aryl methyl sites for hydroxylation is 1. The zero-order valence-corrected chi connectivity index (χ0v) is 11.4. The number of primary amides is 1. The Hall–Kier alpha value is -2.48. The van der Waals surface area contributed by atoms with Crippen LogP contribution in [-0.2, 0) is 7.05 Å². The monoisotopic (exact) mass is 275 g/mol. The highest BCUT2D eigenvalue weighted by Crippen LogP contribution is 2.20. The fraction of sp³-hybridized carbons (Fsp3) is 0.333. The zero-order valence-electron chi connectivity index (χ0n) is 11.4. The van der Waals surface area contributed by atoms with Crippen LogP contribution in [0.2, 0.25) is 0 Å². The van der Waals surface area contributed by atoms with Crippen molar-refractivity contribution in [1.29, 1.82) is 0 Å². The third-order valence-electron chi connectivity index (χ3n) is 2.59. The molecule has 1 atom stereocenters. The Balaban J connectivity index is 2.39. The number of aromatic nitrogens is 4. The second-order valence-corrected chi connectivity index (χ2v) is 4.58. The first-order valence-corrected chi connectivity index (χ1v) is 6.12. The van der Waals surface area contributed by atoms with Gasteiger partial charge in [-0.1, -0.05) is 0 Å². The summed E-state index contributed by atoms with van der Waals surface area (Å²) in [4.78, 5) is 19.9. The number of carbonyl (C=O) groups excluding carboxylic acids is 1. The maximum Gasteiger partial charge on any atom is 0.269 e. The second-order valence-electron chi connectivity index (χ2n) is 4.58. The Morgan fingerprint density at radius 3 is 2.80 bits per heavy atom. The molecule has 0 radical (unpaired) electrons. The smallest absolute Gasteiger partial charge is 0.269 e. The van der Waals surface area contributed by atoms with Gasteiger partial charge in [0.25, 0.3) is 5.91 Å². The predicted octanol–water partition coefficient (Wildman–Crippen LogP) is -0.265. The number of nitrogens with one attached hydrogen (secondary N) is 1. The SMILES string of the molecule is C[C@H](N)CNc1cnc(C(N)=O)c(-c2cnn(C)c2)n1. The Morgan fingerprint density at radius 2 is 2.25 bits per heavy atom. The van der Waals surface area contributed by atoms with Gasteiger partial charge >= 0.3 is 0 Å². The van der Waals surface area contributed by atoms with Crippen LogP contribution in [0.5, 0.6) is 0 Å². The molecule has 5 N–H and O–H groups in total. The summed E-state index contributed by atoms with van der Waals surface area (Å²) >= 11 is 0. The Morgan fingerprint density at radius 1 is 1.50 bits per heavy atom. The molecule has 0 aliphatic rings. The number of hydrogen-bond donors (Lipinski definition) is 3. The molecule has 0 aliphatic heterocycles. The molecule has 106 valence electrons. The average molecular weight is 275 g/mol. The van der Waals surface area contributed by atoms with Gasteiger partial charge in [0.05, 0.1) is 12.4 Å². The van der Waals surface area contributed by atoms with Crippen molar-refractivity contribution in [2.24, 2.45) is 18.5 Å². The van der Waals surface area contributed by atoms with Crippen molar-refractivity contribution in [1.82, 2.24) is 19.7 Å². The molecule has 8 nitrogen and oxygen atoms in total. The Bertz CT molecular complexity index is 620. The number of nitrogens with zero attached hydrogens (tertiary/aromatic N) is 4. The number of amides is 1. The molecule has 0 unspecified atom stereocenters. The Labute approximate surface area is 116 Å². The van der Waals surface area contributed by atoms with Crippen LogP contribution in [0.4, 0.5) is 5.82 Å². The lowest BCUT2D eigenvalue weighted by molar-refractivity contribution is 0.0996. The topological polar surface area (TPSA) is 125 Å². The zero-order chi connectivity index (χ0) is 14.7. The highest BCUT2D eigenvalue weighted by Gasteiger charge is 2.16. The van der Waals surface area contributed by atoms with Gasteiger partial charge in [-0.25, -0.2) is 9.97 Å². The summed E-state index contributed by atoms with van der Waals surface area (Å²) in [7, 11) is 1.78. The highest BCUT2D eigenvalue weighted by molar-refractivity contribution is 5.96. The maximum atomic E-state index is 11.4. The number of anilines is 1. The fourth-order valence-electron chi connectivity index (χ4n) is 1.66. The van der Waals surface area contributed by atoms with E-state index in [1.807, 2.05) is 6.92 Å². The van der Waals surface area contributed by atoms with Crippen LogP contribution in [0, 0.1) is 0 Å². The maximum absolute atomic E-state index is 11.4. The van der Waals surface area contributed by atoms with Gasteiger partial charge in [0.1, 0.15) is 11.5 Å². The number of nitrogens with two attached hydrogens (primary N) is 2.